The number of nitrogens with zero attached hydrogens (tertiary/aromatic N) is 2. The quantitative estimate of drug-likeness (QED) is 0.228. The van der Waals surface area contributed by atoms with Gasteiger partial charge in [0.05, 0.1) is 16.4 Å². The van der Waals surface area contributed by atoms with Crippen molar-refractivity contribution in [2.24, 2.45) is 10.2 Å². The van der Waals surface area contributed by atoms with Crippen LogP contribution in [0.4, 0.5) is 17.1 Å². The number of hydrogen-bond acceptors (Lipinski definition) is 6. The van der Waals surface area contributed by atoms with E-state index in [0.717, 1.165) is 21.7 Å². The minimum absolute atomic E-state index is 0.227. The molecule has 0 atom stereocenters. The summed E-state index contributed by atoms with van der Waals surface area (Å²) >= 11 is 13.4. The molecular formula is C23H15Cl2N3O3S. The summed E-state index contributed by atoms with van der Waals surface area (Å²) in [4.78, 5) is 24.8. The van der Waals surface area contributed by atoms with E-state index in [2.05, 4.69) is 15.5 Å². The average molecular weight is 484 g/mol. The summed E-state index contributed by atoms with van der Waals surface area (Å²) < 4.78 is 5.89. The molecule has 0 saturated heterocycles. The molecule has 4 aromatic rings. The highest BCUT2D eigenvalue weighted by molar-refractivity contribution is 7.21. The summed E-state index contributed by atoms with van der Waals surface area (Å²) in [6.45, 7) is -0.445. The fraction of sp³-hybridized carbons (Fsp3) is 0.0435. The topological polar surface area (TPSA) is 80.1 Å². The van der Waals surface area contributed by atoms with Crippen LogP contribution in [0, 0.1) is 0 Å². The number of carbonyl (C=O) groups excluding carboxylic acids is 2. The van der Waals surface area contributed by atoms with Gasteiger partial charge in [-0.05, 0) is 48.5 Å². The van der Waals surface area contributed by atoms with Gasteiger partial charge in [0.2, 0.25) is 0 Å². The van der Waals surface area contributed by atoms with Gasteiger partial charge >= 0.3 is 5.97 Å². The monoisotopic (exact) mass is 483 g/mol. The molecule has 0 bridgehead atoms. The van der Waals surface area contributed by atoms with Crippen LogP contribution in [-0.4, -0.2) is 18.5 Å². The number of anilines is 1. The van der Waals surface area contributed by atoms with Gasteiger partial charge in [-0.1, -0.05) is 47.5 Å². The second-order valence-electron chi connectivity index (χ2n) is 6.59. The van der Waals surface area contributed by atoms with Crippen LogP contribution in [0.3, 0.4) is 0 Å². The third kappa shape index (κ3) is 5.31. The Labute approximate surface area is 197 Å². The Morgan fingerprint density at radius 1 is 0.906 bits per heavy atom. The molecule has 0 aliphatic carbocycles. The van der Waals surface area contributed by atoms with Gasteiger partial charge in [0, 0.05) is 20.8 Å². The van der Waals surface area contributed by atoms with Crippen LogP contribution in [0.15, 0.2) is 83.0 Å². The first-order chi connectivity index (χ1) is 15.5. The first-order valence-corrected chi connectivity index (χ1v) is 11.0. The number of benzene rings is 3. The molecule has 1 N–H and O–H groups in total. The first kappa shape index (κ1) is 22.0. The van der Waals surface area contributed by atoms with Crippen molar-refractivity contribution in [3.8, 4) is 0 Å². The highest BCUT2D eigenvalue weighted by Crippen LogP contribution is 2.37. The molecule has 4 rings (SSSR count). The van der Waals surface area contributed by atoms with E-state index < -0.39 is 18.5 Å². The largest absolute Gasteiger partial charge is 0.451 e. The Morgan fingerprint density at radius 2 is 1.59 bits per heavy atom. The zero-order chi connectivity index (χ0) is 22.5. The second kappa shape index (κ2) is 9.91. The van der Waals surface area contributed by atoms with Crippen LogP contribution >= 0.6 is 34.5 Å². The molecule has 6 nitrogen and oxygen atoms in total. The Hall–Kier alpha value is -3.26. The molecule has 9 heteroatoms. The minimum atomic E-state index is -0.667. The van der Waals surface area contributed by atoms with Crippen LogP contribution in [0.5, 0.6) is 0 Å². The van der Waals surface area contributed by atoms with Crippen molar-refractivity contribution in [2.45, 2.75) is 0 Å². The van der Waals surface area contributed by atoms with Crippen molar-refractivity contribution >= 4 is 73.6 Å². The van der Waals surface area contributed by atoms with Crippen LogP contribution in [0.25, 0.3) is 10.1 Å². The average Bonchev–Trinajstić information content (AvgIpc) is 3.13. The van der Waals surface area contributed by atoms with Crippen molar-refractivity contribution in [2.75, 3.05) is 11.9 Å². The summed E-state index contributed by atoms with van der Waals surface area (Å²) in [5, 5.41) is 12.5. The summed E-state index contributed by atoms with van der Waals surface area (Å²) in [6, 6.07) is 21.3. The maximum absolute atomic E-state index is 12.4. The normalized spacial score (nSPS) is 11.1. The zero-order valence-corrected chi connectivity index (χ0v) is 18.7. The number of carbonyl (C=O) groups is 2. The van der Waals surface area contributed by atoms with Gasteiger partial charge in [0.15, 0.2) is 6.61 Å². The molecule has 1 heterocycles. The smallest absolute Gasteiger partial charge is 0.350 e. The van der Waals surface area contributed by atoms with E-state index in [1.54, 1.807) is 42.5 Å². The Morgan fingerprint density at radius 3 is 2.31 bits per heavy atom. The third-order valence-corrected chi connectivity index (χ3v) is 6.17. The lowest BCUT2D eigenvalue weighted by molar-refractivity contribution is -0.119. The maximum Gasteiger partial charge on any atom is 0.350 e. The van der Waals surface area contributed by atoms with E-state index in [9.17, 15) is 9.59 Å². The Kier molecular flexibility index (Phi) is 6.80. The molecule has 0 aliphatic heterocycles. The predicted molar refractivity (Wildman–Crippen MR) is 128 cm³/mol. The summed E-state index contributed by atoms with van der Waals surface area (Å²) in [7, 11) is 0. The molecule has 1 aromatic heterocycles. The fourth-order valence-corrected chi connectivity index (χ4v) is 4.46. The van der Waals surface area contributed by atoms with Gasteiger partial charge in [-0.3, -0.25) is 4.79 Å². The number of rotatable bonds is 6. The van der Waals surface area contributed by atoms with E-state index in [1.807, 2.05) is 30.3 Å². The summed E-state index contributed by atoms with van der Waals surface area (Å²) in [6.07, 6.45) is 0. The molecule has 32 heavy (non-hydrogen) atoms. The SMILES string of the molecule is O=C(COC(=O)c1sc2cc(Cl)ccc2c1Cl)Nc1ccc(N=Nc2ccccc2)cc1. The van der Waals surface area contributed by atoms with Crippen LogP contribution < -0.4 is 5.32 Å². The number of thiophene rings is 1. The van der Waals surface area contributed by atoms with E-state index >= 15 is 0 Å². The van der Waals surface area contributed by atoms with Gasteiger partial charge in [-0.2, -0.15) is 10.2 Å². The van der Waals surface area contributed by atoms with Gasteiger partial charge in [-0.15, -0.1) is 11.3 Å². The lowest BCUT2D eigenvalue weighted by Gasteiger charge is -2.06. The van der Waals surface area contributed by atoms with E-state index in [1.165, 1.54) is 0 Å². The highest BCUT2D eigenvalue weighted by Gasteiger charge is 2.19. The van der Waals surface area contributed by atoms with Crippen LogP contribution in [0.2, 0.25) is 10.0 Å². The van der Waals surface area contributed by atoms with Gasteiger partial charge in [0.25, 0.3) is 5.91 Å². The third-order valence-electron chi connectivity index (χ3n) is 4.30. The standard InChI is InChI=1S/C23H15Cl2N3O3S/c24-14-6-11-18-19(12-14)32-22(21(18)25)23(30)31-13-20(29)26-15-7-9-17(10-8-15)28-27-16-4-2-1-3-5-16/h1-12H,13H2,(H,26,29). The van der Waals surface area contributed by atoms with Gasteiger partial charge < -0.3 is 10.1 Å². The van der Waals surface area contributed by atoms with Crippen molar-refractivity contribution in [1.82, 2.24) is 0 Å². The molecule has 1 amide bonds. The molecule has 3 aromatic carbocycles. The number of azo groups is 1. The van der Waals surface area contributed by atoms with Gasteiger partial charge in [0.1, 0.15) is 4.88 Å². The molecule has 0 unspecified atom stereocenters. The summed E-state index contributed by atoms with van der Waals surface area (Å²) in [5.41, 5.74) is 1.92. The number of hydrogen-bond donors (Lipinski definition) is 1. The maximum atomic E-state index is 12.4. The molecule has 0 saturated carbocycles. The first-order valence-electron chi connectivity index (χ1n) is 9.41. The highest BCUT2D eigenvalue weighted by atomic mass is 35.5. The number of fused-ring (bicyclic) bond motifs is 1. The number of amides is 1. The van der Waals surface area contributed by atoms with E-state index in [4.69, 9.17) is 27.9 Å². The molecule has 0 spiro atoms. The predicted octanol–water partition coefficient (Wildman–Crippen LogP) is 7.42. The number of ether oxygens (including phenoxy) is 1. The van der Waals surface area contributed by atoms with Crippen LogP contribution in [-0.2, 0) is 9.53 Å². The minimum Gasteiger partial charge on any atom is -0.451 e. The van der Waals surface area contributed by atoms with Crippen molar-refractivity contribution in [1.29, 1.82) is 0 Å². The molecule has 0 fully saturated rings. The Balaban J connectivity index is 1.32. The molecular weight excluding hydrogens is 469 g/mol. The number of halogens is 2. The zero-order valence-electron chi connectivity index (χ0n) is 16.4. The van der Waals surface area contributed by atoms with Crippen molar-refractivity contribution in [3.63, 3.8) is 0 Å². The lowest BCUT2D eigenvalue weighted by atomic mass is 10.2. The number of esters is 1. The molecule has 0 aliphatic rings. The summed E-state index contributed by atoms with van der Waals surface area (Å²) in [5.74, 6) is -1.14. The van der Waals surface area contributed by atoms with Gasteiger partial charge in [-0.25, -0.2) is 4.79 Å². The van der Waals surface area contributed by atoms with E-state index in [-0.39, 0.29) is 9.90 Å². The van der Waals surface area contributed by atoms with Crippen molar-refractivity contribution in [3.05, 3.63) is 87.7 Å². The van der Waals surface area contributed by atoms with E-state index in [0.29, 0.717) is 21.8 Å². The fourth-order valence-electron chi connectivity index (χ4n) is 2.79. The molecule has 0 radical (unpaired) electrons. The van der Waals surface area contributed by atoms with Crippen LogP contribution in [0.1, 0.15) is 9.67 Å². The second-order valence-corrected chi connectivity index (χ2v) is 8.46. The molecule has 160 valence electrons. The lowest BCUT2D eigenvalue weighted by Crippen LogP contribution is -2.20. The van der Waals surface area contributed by atoms with Crippen molar-refractivity contribution < 1.29 is 14.3 Å². The Bertz CT molecular complexity index is 1310. The number of nitrogens with one attached hydrogen (secondary N) is 1.